The minimum absolute atomic E-state index is 0.0729. The second-order valence-electron chi connectivity index (χ2n) is 4.77. The van der Waals surface area contributed by atoms with Gasteiger partial charge in [0.05, 0.1) is 6.42 Å². The van der Waals surface area contributed by atoms with Gasteiger partial charge in [-0.25, -0.2) is 0 Å². The molecular weight excluding hydrogens is 340 g/mol. The lowest BCUT2D eigenvalue weighted by atomic mass is 10.2. The van der Waals surface area contributed by atoms with Gasteiger partial charge in [0.2, 0.25) is 0 Å². The molecule has 0 spiro atoms. The number of hydrogen-bond acceptors (Lipinski definition) is 2. The van der Waals surface area contributed by atoms with Gasteiger partial charge in [-0.3, -0.25) is 4.99 Å². The zero-order chi connectivity index (χ0) is 18.2. The van der Waals surface area contributed by atoms with E-state index in [1.807, 2.05) is 0 Å². The Morgan fingerprint density at radius 3 is 2.12 bits per heavy atom. The molecule has 0 aliphatic heterocycles. The molecule has 0 unspecified atom stereocenters. The fourth-order valence-corrected chi connectivity index (χ4v) is 1.60. The molecule has 0 saturated heterocycles. The minimum atomic E-state index is -4.41. The summed E-state index contributed by atoms with van der Waals surface area (Å²) >= 11 is 0. The molecule has 0 aromatic heterocycles. The summed E-state index contributed by atoms with van der Waals surface area (Å²) in [5, 5.41) is 5.31. The van der Waals surface area contributed by atoms with E-state index in [4.69, 9.17) is 0 Å². The number of alkyl halides is 6. The molecule has 0 heterocycles. The summed E-state index contributed by atoms with van der Waals surface area (Å²) in [5.74, 6) is 0.264. The number of ether oxygens (including phenoxy) is 1. The predicted molar refractivity (Wildman–Crippen MR) is 76.9 cm³/mol. The van der Waals surface area contributed by atoms with E-state index in [0.29, 0.717) is 5.56 Å². The molecule has 0 atom stereocenters. The van der Waals surface area contributed by atoms with Crippen LogP contribution in [0.2, 0.25) is 0 Å². The first-order valence-electron chi connectivity index (χ1n) is 6.89. The zero-order valence-corrected chi connectivity index (χ0v) is 12.8. The first-order chi connectivity index (χ1) is 11.1. The number of guanidine groups is 1. The molecule has 0 aliphatic rings. The molecule has 0 bridgehead atoms. The van der Waals surface area contributed by atoms with Crippen molar-refractivity contribution in [2.45, 2.75) is 25.3 Å². The zero-order valence-electron chi connectivity index (χ0n) is 12.8. The van der Waals surface area contributed by atoms with Gasteiger partial charge in [-0.05, 0) is 17.7 Å². The monoisotopic (exact) mass is 357 g/mol. The van der Waals surface area contributed by atoms with Gasteiger partial charge in [0.1, 0.15) is 5.75 Å². The van der Waals surface area contributed by atoms with E-state index in [2.05, 4.69) is 20.4 Å². The highest BCUT2D eigenvalue weighted by molar-refractivity contribution is 5.79. The van der Waals surface area contributed by atoms with E-state index in [-0.39, 0.29) is 24.8 Å². The van der Waals surface area contributed by atoms with Crippen molar-refractivity contribution < 1.29 is 31.1 Å². The Morgan fingerprint density at radius 2 is 1.62 bits per heavy atom. The van der Waals surface area contributed by atoms with Crippen LogP contribution in [0.15, 0.2) is 29.3 Å². The largest absolute Gasteiger partial charge is 0.484 e. The highest BCUT2D eigenvalue weighted by Crippen LogP contribution is 2.19. The number of benzene rings is 1. The fraction of sp³-hybridized carbons (Fsp3) is 0.500. The average molecular weight is 357 g/mol. The Balaban J connectivity index is 2.40. The number of nitrogens with one attached hydrogen (secondary N) is 2. The molecule has 0 amide bonds. The number of hydrogen-bond donors (Lipinski definition) is 2. The summed E-state index contributed by atoms with van der Waals surface area (Å²) < 4.78 is 76.8. The number of rotatable bonds is 6. The van der Waals surface area contributed by atoms with Crippen LogP contribution in [0.3, 0.4) is 0 Å². The molecule has 24 heavy (non-hydrogen) atoms. The Kier molecular flexibility index (Phi) is 7.18. The van der Waals surface area contributed by atoms with Crippen molar-refractivity contribution in [2.75, 3.05) is 20.2 Å². The highest BCUT2D eigenvalue weighted by Gasteiger charge is 2.28. The third-order valence-corrected chi connectivity index (χ3v) is 2.71. The van der Waals surface area contributed by atoms with Crippen LogP contribution in [0.25, 0.3) is 0 Å². The lowest BCUT2D eigenvalue weighted by Crippen LogP contribution is -2.38. The van der Waals surface area contributed by atoms with E-state index in [1.165, 1.54) is 19.2 Å². The van der Waals surface area contributed by atoms with E-state index in [9.17, 15) is 26.3 Å². The van der Waals surface area contributed by atoms with Crippen molar-refractivity contribution in [3.8, 4) is 5.75 Å². The molecule has 1 aromatic rings. The SMILES string of the molecule is CN=C(NCCC(F)(F)F)NCc1ccc(OCC(F)(F)F)cc1. The van der Waals surface area contributed by atoms with E-state index in [0.717, 1.165) is 0 Å². The van der Waals surface area contributed by atoms with Crippen molar-refractivity contribution in [3.05, 3.63) is 29.8 Å². The van der Waals surface area contributed by atoms with Crippen molar-refractivity contribution in [3.63, 3.8) is 0 Å². The molecule has 1 aromatic carbocycles. The minimum Gasteiger partial charge on any atom is -0.484 e. The molecule has 0 aliphatic carbocycles. The van der Waals surface area contributed by atoms with Crippen LogP contribution in [-0.4, -0.2) is 38.5 Å². The van der Waals surface area contributed by atoms with E-state index < -0.39 is 25.4 Å². The van der Waals surface area contributed by atoms with Crippen LogP contribution in [0.4, 0.5) is 26.3 Å². The fourth-order valence-electron chi connectivity index (χ4n) is 1.60. The third-order valence-electron chi connectivity index (χ3n) is 2.71. The van der Waals surface area contributed by atoms with E-state index in [1.54, 1.807) is 12.1 Å². The standard InChI is InChI=1S/C14H17F6N3O/c1-21-12(22-7-6-13(15,16)17)23-8-10-2-4-11(5-3-10)24-9-14(18,19)20/h2-5H,6-9H2,1H3,(H2,21,22,23). The summed E-state index contributed by atoms with van der Waals surface area (Å²) in [6.07, 6.45) is -9.65. The number of halogens is 6. The van der Waals surface area contributed by atoms with Gasteiger partial charge in [-0.2, -0.15) is 26.3 Å². The molecule has 2 N–H and O–H groups in total. The van der Waals surface area contributed by atoms with Gasteiger partial charge in [-0.15, -0.1) is 0 Å². The van der Waals surface area contributed by atoms with Crippen LogP contribution in [-0.2, 0) is 6.54 Å². The Bertz CT molecular complexity index is 525. The molecule has 0 saturated carbocycles. The van der Waals surface area contributed by atoms with Crippen molar-refractivity contribution >= 4 is 5.96 Å². The molecule has 136 valence electrons. The molecular formula is C14H17F6N3O. The van der Waals surface area contributed by atoms with Crippen LogP contribution in [0.1, 0.15) is 12.0 Å². The van der Waals surface area contributed by atoms with Crippen LogP contribution < -0.4 is 15.4 Å². The number of nitrogens with zero attached hydrogens (tertiary/aromatic N) is 1. The lowest BCUT2D eigenvalue weighted by molar-refractivity contribution is -0.153. The molecule has 4 nitrogen and oxygen atoms in total. The first kappa shape index (κ1) is 19.9. The Hall–Kier alpha value is -2.13. The Morgan fingerprint density at radius 1 is 1.00 bits per heavy atom. The summed E-state index contributed by atoms with van der Waals surface area (Å²) in [4.78, 5) is 3.77. The third kappa shape index (κ3) is 9.11. The van der Waals surface area contributed by atoms with Gasteiger partial charge in [0.25, 0.3) is 0 Å². The summed E-state index contributed by atoms with van der Waals surface area (Å²) in [6.45, 7) is -1.45. The lowest BCUT2D eigenvalue weighted by Gasteiger charge is -2.13. The smallest absolute Gasteiger partial charge is 0.422 e. The van der Waals surface area contributed by atoms with Gasteiger partial charge >= 0.3 is 12.4 Å². The maximum absolute atomic E-state index is 12.1. The van der Waals surface area contributed by atoms with Crippen LogP contribution in [0, 0.1) is 0 Å². The van der Waals surface area contributed by atoms with Crippen molar-refractivity contribution in [2.24, 2.45) is 4.99 Å². The summed E-state index contributed by atoms with van der Waals surface area (Å²) in [7, 11) is 1.41. The summed E-state index contributed by atoms with van der Waals surface area (Å²) in [6, 6.07) is 5.84. The maximum Gasteiger partial charge on any atom is 0.422 e. The summed E-state index contributed by atoms with van der Waals surface area (Å²) in [5.41, 5.74) is 0.702. The molecule has 0 radical (unpaired) electrons. The Labute approximate surface area is 134 Å². The van der Waals surface area contributed by atoms with Crippen LogP contribution in [0.5, 0.6) is 5.75 Å². The van der Waals surface area contributed by atoms with Gasteiger partial charge in [0, 0.05) is 20.1 Å². The second kappa shape index (κ2) is 8.65. The highest BCUT2D eigenvalue weighted by atomic mass is 19.4. The maximum atomic E-state index is 12.1. The average Bonchev–Trinajstić information content (AvgIpc) is 2.48. The normalized spacial score (nSPS) is 12.9. The molecule has 0 fully saturated rings. The second-order valence-corrected chi connectivity index (χ2v) is 4.77. The number of aliphatic imine (C=N–C) groups is 1. The van der Waals surface area contributed by atoms with Gasteiger partial charge in [-0.1, -0.05) is 12.1 Å². The quantitative estimate of drug-likeness (QED) is 0.467. The predicted octanol–water partition coefficient (Wildman–Crippen LogP) is 3.25. The molecule has 1 rings (SSSR count). The van der Waals surface area contributed by atoms with Crippen molar-refractivity contribution in [1.82, 2.24) is 10.6 Å². The molecule has 10 heteroatoms. The van der Waals surface area contributed by atoms with Crippen molar-refractivity contribution in [1.29, 1.82) is 0 Å². The topological polar surface area (TPSA) is 45.7 Å². The first-order valence-corrected chi connectivity index (χ1v) is 6.89. The van der Waals surface area contributed by atoms with E-state index >= 15 is 0 Å². The van der Waals surface area contributed by atoms with Crippen LogP contribution >= 0.6 is 0 Å². The van der Waals surface area contributed by atoms with Gasteiger partial charge < -0.3 is 15.4 Å². The van der Waals surface area contributed by atoms with Gasteiger partial charge in [0.15, 0.2) is 12.6 Å².